The van der Waals surface area contributed by atoms with Gasteiger partial charge in [-0.15, -0.1) is 0 Å². The largest absolute Gasteiger partial charge is 0.368 e. The van der Waals surface area contributed by atoms with Crippen LogP contribution in [-0.4, -0.2) is 35.3 Å². The predicted molar refractivity (Wildman–Crippen MR) is 49.6 cm³/mol. The molecule has 5 nitrogen and oxygen atoms in total. The van der Waals surface area contributed by atoms with Crippen LogP contribution in [0.15, 0.2) is 12.2 Å². The van der Waals surface area contributed by atoms with Crippen molar-refractivity contribution in [1.82, 2.24) is 4.90 Å². The maximum Gasteiger partial charge on any atom is 0.265 e. The lowest BCUT2D eigenvalue weighted by molar-refractivity contribution is -0.156. The summed E-state index contributed by atoms with van der Waals surface area (Å²) in [4.78, 5) is 34.8. The van der Waals surface area contributed by atoms with Crippen LogP contribution in [0.2, 0.25) is 0 Å². The van der Waals surface area contributed by atoms with Crippen LogP contribution in [0.25, 0.3) is 0 Å². The highest BCUT2D eigenvalue weighted by molar-refractivity contribution is 6.23. The second-order valence-corrected chi connectivity index (χ2v) is 3.54. The van der Waals surface area contributed by atoms with Gasteiger partial charge in [0.25, 0.3) is 17.7 Å². The molecule has 0 aromatic heterocycles. The molecule has 2 heterocycles. The van der Waals surface area contributed by atoms with Crippen molar-refractivity contribution in [1.29, 1.82) is 0 Å². The summed E-state index contributed by atoms with van der Waals surface area (Å²) in [6, 6.07) is 0. The van der Waals surface area contributed by atoms with Crippen molar-refractivity contribution in [3.63, 3.8) is 0 Å². The zero-order valence-corrected chi connectivity index (χ0v) is 8.14. The average molecular weight is 209 g/mol. The zero-order chi connectivity index (χ0) is 10.8. The first-order chi connectivity index (χ1) is 7.20. The molecule has 80 valence electrons. The summed E-state index contributed by atoms with van der Waals surface area (Å²) in [6.45, 7) is 0.514. The first kappa shape index (κ1) is 10.0. The summed E-state index contributed by atoms with van der Waals surface area (Å²) in [5, 5.41) is 0. The Morgan fingerprint density at radius 1 is 1.27 bits per heavy atom. The van der Waals surface area contributed by atoms with Crippen molar-refractivity contribution in [2.24, 2.45) is 0 Å². The van der Waals surface area contributed by atoms with Crippen molar-refractivity contribution in [3.8, 4) is 0 Å². The molecule has 0 spiro atoms. The van der Waals surface area contributed by atoms with E-state index >= 15 is 0 Å². The van der Waals surface area contributed by atoms with Gasteiger partial charge in [0.1, 0.15) is 6.10 Å². The quantitative estimate of drug-likeness (QED) is 0.570. The molecule has 0 bridgehead atoms. The third-order valence-electron chi connectivity index (χ3n) is 2.48. The third-order valence-corrected chi connectivity index (χ3v) is 2.48. The van der Waals surface area contributed by atoms with Crippen LogP contribution in [0.1, 0.15) is 19.3 Å². The van der Waals surface area contributed by atoms with Gasteiger partial charge in [0.15, 0.2) is 0 Å². The summed E-state index contributed by atoms with van der Waals surface area (Å²) < 4.78 is 5.23. The van der Waals surface area contributed by atoms with Gasteiger partial charge >= 0.3 is 0 Å². The molecule has 2 rings (SSSR count). The Balaban J connectivity index is 2.07. The molecule has 2 aliphatic rings. The van der Waals surface area contributed by atoms with Crippen molar-refractivity contribution < 1.29 is 19.1 Å². The van der Waals surface area contributed by atoms with E-state index in [4.69, 9.17) is 4.74 Å². The molecule has 0 radical (unpaired) electrons. The van der Waals surface area contributed by atoms with Gasteiger partial charge in [-0.05, 0) is 19.3 Å². The minimum Gasteiger partial charge on any atom is -0.368 e. The number of hydrogen-bond donors (Lipinski definition) is 0. The van der Waals surface area contributed by atoms with E-state index in [-0.39, 0.29) is 0 Å². The first-order valence-electron chi connectivity index (χ1n) is 4.92. The van der Waals surface area contributed by atoms with Crippen molar-refractivity contribution >= 4 is 17.7 Å². The SMILES string of the molecule is O=C1C=CC(=O)N1C(=O)C1CCCCO1. The van der Waals surface area contributed by atoms with Crippen molar-refractivity contribution in [2.75, 3.05) is 6.61 Å². The number of hydrogen-bond acceptors (Lipinski definition) is 4. The second-order valence-electron chi connectivity index (χ2n) is 3.54. The summed E-state index contributed by atoms with van der Waals surface area (Å²) in [5.74, 6) is -1.67. The van der Waals surface area contributed by atoms with Crippen LogP contribution < -0.4 is 0 Å². The van der Waals surface area contributed by atoms with Crippen molar-refractivity contribution in [3.05, 3.63) is 12.2 Å². The highest BCUT2D eigenvalue weighted by Crippen LogP contribution is 2.17. The lowest BCUT2D eigenvalue weighted by Crippen LogP contribution is -2.45. The van der Waals surface area contributed by atoms with Crippen LogP contribution >= 0.6 is 0 Å². The summed E-state index contributed by atoms with van der Waals surface area (Å²) in [6.07, 6.45) is 3.96. The number of amides is 3. The summed E-state index contributed by atoms with van der Waals surface area (Å²) in [5.41, 5.74) is 0. The number of imide groups is 3. The topological polar surface area (TPSA) is 63.7 Å². The lowest BCUT2D eigenvalue weighted by atomic mass is 10.1. The maximum absolute atomic E-state index is 11.7. The van der Waals surface area contributed by atoms with E-state index in [0.29, 0.717) is 17.9 Å². The van der Waals surface area contributed by atoms with Gasteiger partial charge in [0.2, 0.25) is 0 Å². The molecule has 0 aromatic carbocycles. The normalized spacial score (nSPS) is 26.1. The van der Waals surface area contributed by atoms with Crippen LogP contribution in [0.4, 0.5) is 0 Å². The molecule has 0 aliphatic carbocycles. The van der Waals surface area contributed by atoms with Gasteiger partial charge in [0, 0.05) is 18.8 Å². The van der Waals surface area contributed by atoms with Gasteiger partial charge in [-0.25, -0.2) is 4.90 Å². The van der Waals surface area contributed by atoms with E-state index in [1.807, 2.05) is 0 Å². The number of carbonyl (C=O) groups is 3. The first-order valence-corrected chi connectivity index (χ1v) is 4.92. The molecule has 1 saturated heterocycles. The van der Waals surface area contributed by atoms with Gasteiger partial charge < -0.3 is 4.74 Å². The van der Waals surface area contributed by atoms with Gasteiger partial charge in [-0.1, -0.05) is 0 Å². The molecule has 5 heteroatoms. The Kier molecular flexibility index (Phi) is 2.64. The Labute approximate surface area is 86.7 Å². The highest BCUT2D eigenvalue weighted by Gasteiger charge is 2.35. The smallest absolute Gasteiger partial charge is 0.265 e. The monoisotopic (exact) mass is 209 g/mol. The molecule has 1 fully saturated rings. The fourth-order valence-electron chi connectivity index (χ4n) is 1.70. The van der Waals surface area contributed by atoms with Crippen LogP contribution in [0.3, 0.4) is 0 Å². The maximum atomic E-state index is 11.7. The van der Waals surface area contributed by atoms with E-state index in [0.717, 1.165) is 25.0 Å². The minimum atomic E-state index is -0.633. The van der Waals surface area contributed by atoms with Crippen LogP contribution in [-0.2, 0) is 19.1 Å². The van der Waals surface area contributed by atoms with E-state index < -0.39 is 23.8 Å². The third kappa shape index (κ3) is 1.83. The predicted octanol–water partition coefficient (Wildman–Crippen LogP) is 0.00710. The minimum absolute atomic E-state index is 0.514. The Hall–Kier alpha value is -1.49. The van der Waals surface area contributed by atoms with E-state index in [2.05, 4.69) is 0 Å². The average Bonchev–Trinajstić information content (AvgIpc) is 2.59. The Bertz CT molecular complexity index is 323. The summed E-state index contributed by atoms with van der Waals surface area (Å²) >= 11 is 0. The number of nitrogens with zero attached hydrogens (tertiary/aromatic N) is 1. The Morgan fingerprint density at radius 3 is 2.47 bits per heavy atom. The zero-order valence-electron chi connectivity index (χ0n) is 8.14. The number of rotatable bonds is 1. The fraction of sp³-hybridized carbons (Fsp3) is 0.500. The molecule has 15 heavy (non-hydrogen) atoms. The van der Waals surface area contributed by atoms with Crippen LogP contribution in [0.5, 0.6) is 0 Å². The van der Waals surface area contributed by atoms with Gasteiger partial charge in [0.05, 0.1) is 0 Å². The molecule has 1 atom stereocenters. The summed E-state index contributed by atoms with van der Waals surface area (Å²) in [7, 11) is 0. The van der Waals surface area contributed by atoms with E-state index in [1.165, 1.54) is 0 Å². The van der Waals surface area contributed by atoms with Gasteiger partial charge in [-0.3, -0.25) is 14.4 Å². The number of carbonyl (C=O) groups excluding carboxylic acids is 3. The molecule has 1 unspecified atom stereocenters. The molecule has 0 aromatic rings. The number of ether oxygens (including phenoxy) is 1. The molecule has 0 saturated carbocycles. The second kappa shape index (κ2) is 3.94. The van der Waals surface area contributed by atoms with E-state index in [1.54, 1.807) is 0 Å². The van der Waals surface area contributed by atoms with E-state index in [9.17, 15) is 14.4 Å². The molecular formula is C10H11NO4. The molecule has 0 N–H and O–H groups in total. The van der Waals surface area contributed by atoms with Gasteiger partial charge in [-0.2, -0.15) is 0 Å². The Morgan fingerprint density at radius 2 is 1.93 bits per heavy atom. The van der Waals surface area contributed by atoms with Crippen LogP contribution in [0, 0.1) is 0 Å². The fourth-order valence-corrected chi connectivity index (χ4v) is 1.70. The highest BCUT2D eigenvalue weighted by atomic mass is 16.5. The standard InChI is InChI=1S/C10H11NO4/c12-8-4-5-9(13)11(8)10(14)7-3-1-2-6-15-7/h4-5,7H,1-3,6H2. The molecule has 2 aliphatic heterocycles. The molecular weight excluding hydrogens is 198 g/mol. The molecule has 3 amide bonds. The lowest BCUT2D eigenvalue weighted by Gasteiger charge is -2.24. The van der Waals surface area contributed by atoms with Crippen molar-refractivity contribution in [2.45, 2.75) is 25.4 Å².